The molecule has 9 nitrogen and oxygen atoms in total. The number of fused-ring (bicyclic) bond motifs is 1. The highest BCUT2D eigenvalue weighted by Crippen LogP contribution is 2.35. The number of carbonyl (C=O) groups excluding carboxylic acids is 1. The molecule has 0 radical (unpaired) electrons. The molecule has 0 aliphatic carbocycles. The van der Waals surface area contributed by atoms with Gasteiger partial charge in [-0.15, -0.1) is 0 Å². The number of amides is 1. The molecule has 0 saturated carbocycles. The summed E-state index contributed by atoms with van der Waals surface area (Å²) in [4.78, 5) is 26.2. The third-order valence-electron chi connectivity index (χ3n) is 6.83. The number of aromatic nitrogens is 2. The molecule has 9 heteroatoms. The number of methoxy groups -OCH3 is 1. The van der Waals surface area contributed by atoms with Crippen LogP contribution in [0.5, 0.6) is 11.5 Å². The van der Waals surface area contributed by atoms with Gasteiger partial charge in [0, 0.05) is 61.1 Å². The van der Waals surface area contributed by atoms with Gasteiger partial charge in [0.15, 0.2) is 11.5 Å². The minimum atomic E-state index is -0.150. The Bertz CT molecular complexity index is 1390. The quantitative estimate of drug-likeness (QED) is 0.289. The number of nitrogens with one attached hydrogen (secondary N) is 2. The molecule has 0 spiro atoms. The van der Waals surface area contributed by atoms with Crippen LogP contribution < -0.4 is 20.1 Å². The molecule has 1 amide bonds. The topological polar surface area (TPSA) is 91.8 Å². The normalized spacial score (nSPS) is 14.2. The summed E-state index contributed by atoms with van der Waals surface area (Å²) >= 11 is 0. The smallest absolute Gasteiger partial charge is 0.255 e. The zero-order valence-corrected chi connectivity index (χ0v) is 22.4. The van der Waals surface area contributed by atoms with Crippen molar-refractivity contribution in [2.75, 3.05) is 64.1 Å². The van der Waals surface area contributed by atoms with Gasteiger partial charge in [-0.1, -0.05) is 18.2 Å². The first kappa shape index (κ1) is 26.4. The predicted molar refractivity (Wildman–Crippen MR) is 154 cm³/mol. The lowest BCUT2D eigenvalue weighted by Gasteiger charge is -2.32. The largest absolute Gasteiger partial charge is 0.493 e. The summed E-state index contributed by atoms with van der Waals surface area (Å²) in [6.45, 7) is 6.07. The standard InChI is InChI=1S/C30H34N6O3/c1-35-14-16-36(17-15-35)13-6-18-39-28-20-26-25(19-27(28)38-2)29(32-21-31-26)33-23-9-11-24(12-10-23)34-30(37)22-7-4-3-5-8-22/h3-5,7-12,19-21H,6,13-18H2,1-2H3,(H,34,37)(H,31,32,33). The van der Waals surface area contributed by atoms with Gasteiger partial charge in [0.05, 0.1) is 19.2 Å². The first-order chi connectivity index (χ1) is 19.1. The third-order valence-corrected chi connectivity index (χ3v) is 6.83. The van der Waals surface area contributed by atoms with Crippen molar-refractivity contribution in [2.45, 2.75) is 6.42 Å². The van der Waals surface area contributed by atoms with Gasteiger partial charge in [-0.2, -0.15) is 0 Å². The second kappa shape index (κ2) is 12.6. The van der Waals surface area contributed by atoms with E-state index in [2.05, 4.69) is 37.4 Å². The average molecular weight is 527 g/mol. The molecule has 1 aliphatic heterocycles. The lowest BCUT2D eigenvalue weighted by atomic mass is 10.2. The molecule has 2 heterocycles. The van der Waals surface area contributed by atoms with E-state index < -0.39 is 0 Å². The minimum absolute atomic E-state index is 0.150. The van der Waals surface area contributed by atoms with Gasteiger partial charge in [-0.3, -0.25) is 4.79 Å². The van der Waals surface area contributed by atoms with Crippen molar-refractivity contribution < 1.29 is 14.3 Å². The maximum atomic E-state index is 12.4. The monoisotopic (exact) mass is 526 g/mol. The Labute approximate surface area is 228 Å². The summed E-state index contributed by atoms with van der Waals surface area (Å²) < 4.78 is 11.7. The Morgan fingerprint density at radius 1 is 0.923 bits per heavy atom. The van der Waals surface area contributed by atoms with E-state index in [1.807, 2.05) is 54.6 Å². The lowest BCUT2D eigenvalue weighted by molar-refractivity contribution is 0.102. The molecular weight excluding hydrogens is 492 g/mol. The number of hydrogen-bond donors (Lipinski definition) is 2. The number of piperazine rings is 1. The van der Waals surface area contributed by atoms with Crippen molar-refractivity contribution in [1.29, 1.82) is 0 Å². The van der Waals surface area contributed by atoms with Crippen LogP contribution in [0.15, 0.2) is 73.1 Å². The Kier molecular flexibility index (Phi) is 8.50. The number of nitrogens with zero attached hydrogens (tertiary/aromatic N) is 4. The van der Waals surface area contributed by atoms with E-state index in [-0.39, 0.29) is 5.91 Å². The summed E-state index contributed by atoms with van der Waals surface area (Å²) in [6, 6.07) is 20.4. The van der Waals surface area contributed by atoms with Crippen LogP contribution >= 0.6 is 0 Å². The van der Waals surface area contributed by atoms with E-state index in [0.717, 1.165) is 55.7 Å². The summed E-state index contributed by atoms with van der Waals surface area (Å²) in [5.74, 6) is 1.81. The maximum absolute atomic E-state index is 12.4. The number of carbonyl (C=O) groups is 1. The van der Waals surface area contributed by atoms with Gasteiger partial charge in [0.25, 0.3) is 5.91 Å². The molecule has 1 aromatic heterocycles. The number of hydrogen-bond acceptors (Lipinski definition) is 8. The van der Waals surface area contributed by atoms with Gasteiger partial charge in [-0.05, 0) is 55.9 Å². The van der Waals surface area contributed by atoms with E-state index >= 15 is 0 Å². The lowest BCUT2D eigenvalue weighted by Crippen LogP contribution is -2.44. The van der Waals surface area contributed by atoms with Crippen LogP contribution in [-0.4, -0.2) is 79.2 Å². The fraction of sp³-hybridized carbons (Fsp3) is 0.300. The van der Waals surface area contributed by atoms with Crippen LogP contribution in [0.3, 0.4) is 0 Å². The second-order valence-corrected chi connectivity index (χ2v) is 9.61. The van der Waals surface area contributed by atoms with Gasteiger partial charge in [0.2, 0.25) is 0 Å². The molecular formula is C30H34N6O3. The first-order valence-electron chi connectivity index (χ1n) is 13.2. The van der Waals surface area contributed by atoms with Crippen LogP contribution in [-0.2, 0) is 0 Å². The van der Waals surface area contributed by atoms with Crippen molar-refractivity contribution >= 4 is 34.0 Å². The van der Waals surface area contributed by atoms with E-state index in [0.29, 0.717) is 35.2 Å². The number of benzene rings is 3. The molecule has 0 unspecified atom stereocenters. The van der Waals surface area contributed by atoms with E-state index in [1.54, 1.807) is 19.2 Å². The molecule has 1 aliphatic rings. The van der Waals surface area contributed by atoms with Crippen molar-refractivity contribution in [3.05, 3.63) is 78.6 Å². The van der Waals surface area contributed by atoms with Crippen LogP contribution in [0.2, 0.25) is 0 Å². The zero-order chi connectivity index (χ0) is 27.0. The fourth-order valence-electron chi connectivity index (χ4n) is 4.54. The second-order valence-electron chi connectivity index (χ2n) is 9.61. The molecule has 202 valence electrons. The van der Waals surface area contributed by atoms with Crippen LogP contribution in [0.25, 0.3) is 10.9 Å². The summed E-state index contributed by atoms with van der Waals surface area (Å²) in [5, 5.41) is 7.09. The summed E-state index contributed by atoms with van der Waals surface area (Å²) in [6.07, 6.45) is 2.48. The van der Waals surface area contributed by atoms with Crippen molar-refractivity contribution in [3.8, 4) is 11.5 Å². The molecule has 5 rings (SSSR count). The predicted octanol–water partition coefficient (Wildman–Crippen LogP) is 4.65. The molecule has 2 N–H and O–H groups in total. The van der Waals surface area contributed by atoms with Gasteiger partial charge in [0.1, 0.15) is 12.1 Å². The molecule has 4 aromatic rings. The molecule has 0 atom stereocenters. The molecule has 1 saturated heterocycles. The number of anilines is 3. The first-order valence-corrected chi connectivity index (χ1v) is 13.2. The number of ether oxygens (including phenoxy) is 2. The Morgan fingerprint density at radius 3 is 2.41 bits per heavy atom. The highest BCUT2D eigenvalue weighted by atomic mass is 16.5. The zero-order valence-electron chi connectivity index (χ0n) is 22.4. The summed E-state index contributed by atoms with van der Waals surface area (Å²) in [7, 11) is 3.80. The SMILES string of the molecule is COc1cc2c(Nc3ccc(NC(=O)c4ccccc4)cc3)ncnc2cc1OCCCN1CCN(C)CC1. The van der Waals surface area contributed by atoms with E-state index in [1.165, 1.54) is 6.33 Å². The number of likely N-dealkylation sites (N-methyl/N-ethyl adjacent to an activating group) is 1. The summed E-state index contributed by atoms with van der Waals surface area (Å²) in [5.41, 5.74) is 2.91. The average Bonchev–Trinajstić information content (AvgIpc) is 2.97. The van der Waals surface area contributed by atoms with Crippen LogP contribution in [0, 0.1) is 0 Å². The third kappa shape index (κ3) is 6.81. The number of rotatable bonds is 10. The van der Waals surface area contributed by atoms with Crippen LogP contribution in [0.4, 0.5) is 17.2 Å². The minimum Gasteiger partial charge on any atom is -0.493 e. The van der Waals surface area contributed by atoms with Gasteiger partial charge >= 0.3 is 0 Å². The van der Waals surface area contributed by atoms with Crippen molar-refractivity contribution in [2.24, 2.45) is 0 Å². The fourth-order valence-corrected chi connectivity index (χ4v) is 4.54. The Morgan fingerprint density at radius 2 is 1.67 bits per heavy atom. The highest BCUT2D eigenvalue weighted by Gasteiger charge is 2.15. The highest BCUT2D eigenvalue weighted by molar-refractivity contribution is 6.04. The van der Waals surface area contributed by atoms with Crippen molar-refractivity contribution in [1.82, 2.24) is 19.8 Å². The molecule has 39 heavy (non-hydrogen) atoms. The maximum Gasteiger partial charge on any atom is 0.255 e. The van der Waals surface area contributed by atoms with E-state index in [4.69, 9.17) is 9.47 Å². The molecule has 1 fully saturated rings. The molecule has 3 aromatic carbocycles. The van der Waals surface area contributed by atoms with Crippen LogP contribution in [0.1, 0.15) is 16.8 Å². The van der Waals surface area contributed by atoms with Gasteiger partial charge in [-0.25, -0.2) is 9.97 Å². The van der Waals surface area contributed by atoms with Crippen molar-refractivity contribution in [3.63, 3.8) is 0 Å². The van der Waals surface area contributed by atoms with E-state index in [9.17, 15) is 4.79 Å². The Hall–Kier alpha value is -4.21. The van der Waals surface area contributed by atoms with Gasteiger partial charge < -0.3 is 29.9 Å². The Balaban J connectivity index is 1.22. The molecule has 0 bridgehead atoms.